The first-order valence-corrected chi connectivity index (χ1v) is 15.2. The fourth-order valence-electron chi connectivity index (χ4n) is 6.35. The Kier molecular flexibility index (Phi) is 8.91. The van der Waals surface area contributed by atoms with Gasteiger partial charge in [0.15, 0.2) is 0 Å². The molecule has 2 heterocycles. The number of nitriles is 1. The smallest absolute Gasteiger partial charge is 0.259 e. The lowest BCUT2D eigenvalue weighted by atomic mass is 9.91. The zero-order valence-electron chi connectivity index (χ0n) is 25.1. The minimum Gasteiger partial charge on any atom is -0.388 e. The molecule has 4 aromatic rings. The fourth-order valence-corrected chi connectivity index (χ4v) is 6.35. The van der Waals surface area contributed by atoms with Crippen LogP contribution in [0.5, 0.6) is 0 Å². The van der Waals surface area contributed by atoms with Gasteiger partial charge in [0.05, 0.1) is 35.1 Å². The Morgan fingerprint density at radius 3 is 2.45 bits per heavy atom. The summed E-state index contributed by atoms with van der Waals surface area (Å²) in [6.07, 6.45) is 7.48. The van der Waals surface area contributed by atoms with Crippen molar-refractivity contribution in [3.63, 3.8) is 0 Å². The van der Waals surface area contributed by atoms with E-state index in [2.05, 4.69) is 23.1 Å². The Morgan fingerprint density at radius 1 is 1.10 bits per heavy atom. The van der Waals surface area contributed by atoms with Gasteiger partial charge in [0, 0.05) is 18.0 Å². The zero-order valence-corrected chi connectivity index (χ0v) is 25.1. The van der Waals surface area contributed by atoms with Gasteiger partial charge in [0.1, 0.15) is 6.33 Å². The first-order valence-electron chi connectivity index (χ1n) is 15.2. The average Bonchev–Trinajstić information content (AvgIpc) is 3.47. The van der Waals surface area contributed by atoms with E-state index in [0.29, 0.717) is 17.8 Å². The minimum atomic E-state index is -0.891. The maximum atomic E-state index is 14.3. The van der Waals surface area contributed by atoms with Crippen LogP contribution in [0.3, 0.4) is 0 Å². The van der Waals surface area contributed by atoms with Crippen molar-refractivity contribution in [3.8, 4) is 17.2 Å². The Labute approximate surface area is 247 Å². The van der Waals surface area contributed by atoms with Crippen molar-refractivity contribution >= 4 is 5.78 Å². The molecule has 0 amide bonds. The molecule has 0 spiro atoms. The maximum absolute atomic E-state index is 14.3. The zero-order chi connectivity index (χ0) is 29.9. The van der Waals surface area contributed by atoms with Crippen LogP contribution in [0.25, 0.3) is 16.9 Å². The van der Waals surface area contributed by atoms with Gasteiger partial charge in [-0.1, -0.05) is 62.7 Å². The Bertz CT molecular complexity index is 1620. The van der Waals surface area contributed by atoms with Gasteiger partial charge in [-0.05, 0) is 75.1 Å². The molecular formula is C34H41N5O3. The van der Waals surface area contributed by atoms with Gasteiger partial charge < -0.3 is 9.84 Å². The van der Waals surface area contributed by atoms with E-state index < -0.39 is 5.60 Å². The van der Waals surface area contributed by atoms with Gasteiger partial charge in [0.2, 0.25) is 5.78 Å². The van der Waals surface area contributed by atoms with Crippen LogP contribution in [0, 0.1) is 11.3 Å². The average molecular weight is 568 g/mol. The van der Waals surface area contributed by atoms with E-state index in [-0.39, 0.29) is 23.8 Å². The van der Waals surface area contributed by atoms with E-state index in [9.17, 15) is 15.2 Å². The number of fused-ring (bicyclic) bond motifs is 1. The summed E-state index contributed by atoms with van der Waals surface area (Å²) in [5.74, 6) is 0.600. The van der Waals surface area contributed by atoms with Crippen LogP contribution in [-0.4, -0.2) is 42.1 Å². The van der Waals surface area contributed by atoms with Gasteiger partial charge in [-0.2, -0.15) is 15.3 Å². The molecule has 1 aliphatic carbocycles. The molecule has 2 aromatic heterocycles. The SMILES string of the molecule is CCCc1c(Cc2ccc(-c3ccccc3C#N)cc2)c(=O)n(C2CCC(OC(CC)C(C)(C)O)CC2)c2ncnn12. The third-order valence-electron chi connectivity index (χ3n) is 8.53. The van der Waals surface area contributed by atoms with Gasteiger partial charge in [-0.25, -0.2) is 4.52 Å². The molecule has 1 unspecified atom stereocenters. The summed E-state index contributed by atoms with van der Waals surface area (Å²) in [7, 11) is 0. The van der Waals surface area contributed by atoms with Crippen LogP contribution < -0.4 is 5.56 Å². The Hall–Kier alpha value is -3.80. The highest BCUT2D eigenvalue weighted by molar-refractivity contribution is 5.70. The topological polar surface area (TPSA) is 105 Å². The lowest BCUT2D eigenvalue weighted by molar-refractivity contribution is -0.128. The van der Waals surface area contributed by atoms with Gasteiger partial charge >= 0.3 is 0 Å². The van der Waals surface area contributed by atoms with Crippen LogP contribution in [0.4, 0.5) is 0 Å². The highest BCUT2D eigenvalue weighted by Gasteiger charge is 2.32. The van der Waals surface area contributed by atoms with Gasteiger partial charge in [0.25, 0.3) is 5.56 Å². The molecule has 8 heteroatoms. The van der Waals surface area contributed by atoms with Crippen molar-refractivity contribution in [1.82, 2.24) is 19.2 Å². The van der Waals surface area contributed by atoms with Crippen molar-refractivity contribution in [2.75, 3.05) is 0 Å². The third-order valence-corrected chi connectivity index (χ3v) is 8.53. The van der Waals surface area contributed by atoms with Crippen LogP contribution in [-0.2, 0) is 17.6 Å². The summed E-state index contributed by atoms with van der Waals surface area (Å²) in [6.45, 7) is 7.74. The summed E-state index contributed by atoms with van der Waals surface area (Å²) in [5.41, 5.74) is 4.33. The summed E-state index contributed by atoms with van der Waals surface area (Å²) < 4.78 is 10.0. The van der Waals surface area contributed by atoms with Crippen LogP contribution >= 0.6 is 0 Å². The second kappa shape index (κ2) is 12.6. The number of benzene rings is 2. The Balaban J connectivity index is 1.44. The van der Waals surface area contributed by atoms with E-state index in [4.69, 9.17) is 4.74 Å². The first-order chi connectivity index (χ1) is 20.2. The van der Waals surface area contributed by atoms with E-state index in [1.165, 1.54) is 0 Å². The van der Waals surface area contributed by atoms with E-state index in [1.54, 1.807) is 20.2 Å². The molecule has 1 atom stereocenters. The predicted octanol–water partition coefficient (Wildman–Crippen LogP) is 6.02. The summed E-state index contributed by atoms with van der Waals surface area (Å²) >= 11 is 0. The third kappa shape index (κ3) is 6.04. The highest BCUT2D eigenvalue weighted by atomic mass is 16.5. The minimum absolute atomic E-state index is 0.00477. The van der Waals surface area contributed by atoms with Crippen LogP contribution in [0.15, 0.2) is 59.7 Å². The lowest BCUT2D eigenvalue weighted by Crippen LogP contribution is -2.41. The molecule has 42 heavy (non-hydrogen) atoms. The molecule has 1 fully saturated rings. The number of aliphatic hydroxyl groups is 1. The molecule has 1 saturated carbocycles. The molecule has 5 rings (SSSR count). The summed E-state index contributed by atoms with van der Waals surface area (Å²) in [5, 5.41) is 24.6. The number of hydrogen-bond donors (Lipinski definition) is 1. The second-order valence-corrected chi connectivity index (χ2v) is 12.0. The van der Waals surface area contributed by atoms with E-state index >= 15 is 0 Å². The molecule has 2 aromatic carbocycles. The molecule has 0 aliphatic heterocycles. The maximum Gasteiger partial charge on any atom is 0.259 e. The number of aromatic nitrogens is 4. The number of nitrogens with zero attached hydrogens (tertiary/aromatic N) is 5. The van der Waals surface area contributed by atoms with Crippen molar-refractivity contribution < 1.29 is 9.84 Å². The first kappa shape index (κ1) is 29.7. The van der Waals surface area contributed by atoms with E-state index in [1.807, 2.05) is 64.5 Å². The normalized spacial score (nSPS) is 18.2. The molecule has 1 N–H and O–H groups in total. The molecule has 0 saturated heterocycles. The van der Waals surface area contributed by atoms with Crippen molar-refractivity contribution in [1.29, 1.82) is 5.26 Å². The predicted molar refractivity (Wildman–Crippen MR) is 163 cm³/mol. The van der Waals surface area contributed by atoms with Crippen molar-refractivity contribution in [2.24, 2.45) is 0 Å². The number of aryl methyl sites for hydroxylation is 1. The van der Waals surface area contributed by atoms with Crippen LogP contribution in [0.1, 0.15) is 94.6 Å². The summed E-state index contributed by atoms with van der Waals surface area (Å²) in [6, 6.07) is 18.0. The van der Waals surface area contributed by atoms with Crippen molar-refractivity contribution in [2.45, 2.75) is 103 Å². The summed E-state index contributed by atoms with van der Waals surface area (Å²) in [4.78, 5) is 18.8. The standard InChI is InChI=1S/C34H41N5O3/c1-5-9-30-29(20-23-12-14-24(15-13-23)28-11-8-7-10-25(28)21-35)32(40)38(33-36-22-37-39(30)33)26-16-18-27(19-17-26)42-31(6-2)34(3,4)41/h7-8,10-15,22,26-27,31,41H,5-6,9,16-20H2,1-4H3. The number of rotatable bonds is 10. The largest absolute Gasteiger partial charge is 0.388 e. The van der Waals surface area contributed by atoms with E-state index in [0.717, 1.165) is 72.9 Å². The number of hydrogen-bond acceptors (Lipinski definition) is 6. The van der Waals surface area contributed by atoms with Crippen LogP contribution in [0.2, 0.25) is 0 Å². The monoisotopic (exact) mass is 567 g/mol. The second-order valence-electron chi connectivity index (χ2n) is 12.0. The number of ether oxygens (including phenoxy) is 1. The van der Waals surface area contributed by atoms with Gasteiger partial charge in [-0.3, -0.25) is 9.36 Å². The fraction of sp³-hybridized carbons (Fsp3) is 0.471. The molecule has 8 nitrogen and oxygen atoms in total. The Morgan fingerprint density at radius 2 is 1.81 bits per heavy atom. The lowest BCUT2D eigenvalue weighted by Gasteiger charge is -2.36. The molecule has 0 radical (unpaired) electrons. The molecule has 1 aliphatic rings. The highest BCUT2D eigenvalue weighted by Crippen LogP contribution is 2.33. The molecular weight excluding hydrogens is 526 g/mol. The quantitative estimate of drug-likeness (QED) is 0.251. The molecule has 220 valence electrons. The molecule has 0 bridgehead atoms. The van der Waals surface area contributed by atoms with Crippen molar-refractivity contribution in [3.05, 3.63) is 87.6 Å². The van der Waals surface area contributed by atoms with Gasteiger partial charge in [-0.15, -0.1) is 0 Å².